The fraction of sp³-hybridized carbons (Fsp3) is 0.391. The van der Waals surface area contributed by atoms with Gasteiger partial charge in [0.15, 0.2) is 0 Å². The number of amides is 2. The summed E-state index contributed by atoms with van der Waals surface area (Å²) in [5.74, 6) is -1.03. The highest BCUT2D eigenvalue weighted by molar-refractivity contribution is 7.89. The average Bonchev–Trinajstić information content (AvgIpc) is 3.20. The van der Waals surface area contributed by atoms with E-state index in [1.807, 2.05) is 18.2 Å². The topological polar surface area (TPSA) is 107 Å². The summed E-state index contributed by atoms with van der Waals surface area (Å²) < 4.78 is 26.6. The molecule has 1 saturated heterocycles. The zero-order valence-corrected chi connectivity index (χ0v) is 19.1. The first-order chi connectivity index (χ1) is 15.3. The second kappa shape index (κ2) is 10.2. The van der Waals surface area contributed by atoms with E-state index in [0.29, 0.717) is 24.3 Å². The molecule has 32 heavy (non-hydrogen) atoms. The molecule has 9 heteroatoms. The van der Waals surface area contributed by atoms with E-state index in [2.05, 4.69) is 5.32 Å². The largest absolute Gasteiger partial charge is 0.387 e. The second-order valence-corrected chi connectivity index (χ2v) is 9.60. The van der Waals surface area contributed by atoms with Crippen molar-refractivity contribution >= 4 is 27.5 Å². The van der Waals surface area contributed by atoms with Gasteiger partial charge < -0.3 is 15.3 Å². The maximum Gasteiger partial charge on any atom is 0.243 e. The van der Waals surface area contributed by atoms with Crippen LogP contribution in [-0.2, 0) is 19.6 Å². The minimum Gasteiger partial charge on any atom is -0.387 e. The number of carbonyl (C=O) groups is 2. The van der Waals surface area contributed by atoms with Crippen LogP contribution in [0.4, 0.5) is 5.69 Å². The summed E-state index contributed by atoms with van der Waals surface area (Å²) in [6.07, 6.45) is -0.763. The van der Waals surface area contributed by atoms with Crippen LogP contribution in [0.15, 0.2) is 59.5 Å². The van der Waals surface area contributed by atoms with Crippen molar-refractivity contribution in [3.05, 3.63) is 60.2 Å². The van der Waals surface area contributed by atoms with Crippen molar-refractivity contribution in [2.24, 2.45) is 5.92 Å². The van der Waals surface area contributed by atoms with Gasteiger partial charge in [-0.3, -0.25) is 9.59 Å². The Morgan fingerprint density at radius 2 is 1.75 bits per heavy atom. The van der Waals surface area contributed by atoms with Crippen molar-refractivity contribution in [2.75, 3.05) is 31.1 Å². The molecule has 172 valence electrons. The highest BCUT2D eigenvalue weighted by Crippen LogP contribution is 2.27. The number of nitrogens with zero attached hydrogens (tertiary/aromatic N) is 2. The minimum absolute atomic E-state index is 0.0610. The van der Waals surface area contributed by atoms with Gasteiger partial charge >= 0.3 is 0 Å². The van der Waals surface area contributed by atoms with Gasteiger partial charge in [0, 0.05) is 38.3 Å². The molecule has 2 unspecified atom stereocenters. The molecule has 1 heterocycles. The third-order valence-electron chi connectivity index (χ3n) is 5.64. The quantitative estimate of drug-likeness (QED) is 0.596. The predicted molar refractivity (Wildman–Crippen MR) is 121 cm³/mol. The Kier molecular flexibility index (Phi) is 7.65. The molecule has 3 rings (SSSR count). The smallest absolute Gasteiger partial charge is 0.243 e. The van der Waals surface area contributed by atoms with Crippen LogP contribution in [0.2, 0.25) is 0 Å². The molecule has 0 bridgehead atoms. The van der Waals surface area contributed by atoms with Crippen molar-refractivity contribution in [2.45, 2.75) is 31.3 Å². The van der Waals surface area contributed by atoms with E-state index in [9.17, 15) is 23.1 Å². The van der Waals surface area contributed by atoms with Crippen LogP contribution in [0.1, 0.15) is 31.9 Å². The van der Waals surface area contributed by atoms with E-state index in [0.717, 1.165) is 0 Å². The number of benzene rings is 2. The Balaban J connectivity index is 1.62. The number of rotatable bonds is 9. The molecule has 1 fully saturated rings. The summed E-state index contributed by atoms with van der Waals surface area (Å²) in [7, 11) is -3.58. The second-order valence-electron chi connectivity index (χ2n) is 7.66. The average molecular weight is 460 g/mol. The molecule has 2 N–H and O–H groups in total. The van der Waals surface area contributed by atoms with Crippen LogP contribution in [0.5, 0.6) is 0 Å². The summed E-state index contributed by atoms with van der Waals surface area (Å²) in [5.41, 5.74) is 1.25. The van der Waals surface area contributed by atoms with Crippen LogP contribution in [0.25, 0.3) is 0 Å². The molecule has 2 aromatic rings. The maximum absolute atomic E-state index is 12.6. The lowest BCUT2D eigenvalue weighted by atomic mass is 10.1. The van der Waals surface area contributed by atoms with Crippen molar-refractivity contribution in [3.63, 3.8) is 0 Å². The number of hydrogen-bond acceptors (Lipinski definition) is 5. The van der Waals surface area contributed by atoms with E-state index in [4.69, 9.17) is 0 Å². The lowest BCUT2D eigenvalue weighted by Crippen LogP contribution is -2.35. The summed E-state index contributed by atoms with van der Waals surface area (Å²) >= 11 is 0. The Bertz CT molecular complexity index is 1040. The molecule has 0 radical (unpaired) electrons. The zero-order chi connectivity index (χ0) is 23.3. The summed E-state index contributed by atoms with van der Waals surface area (Å²) in [4.78, 5) is 26.7. The van der Waals surface area contributed by atoms with Crippen LogP contribution in [0.3, 0.4) is 0 Å². The lowest BCUT2D eigenvalue weighted by Gasteiger charge is -2.20. The number of aliphatic hydroxyl groups excluding tert-OH is 1. The molecule has 1 aliphatic rings. The van der Waals surface area contributed by atoms with E-state index < -0.39 is 22.0 Å². The standard InChI is InChI=1S/C23H29N3O5S/c1-3-25(4-2)32(30,31)20-12-10-19(11-13-20)26-16-18(14-22(26)28)23(29)24-15-21(27)17-8-6-5-7-9-17/h5-13,18,21,27H,3-4,14-16H2,1-2H3,(H,24,29). The molecule has 1 aliphatic heterocycles. The Morgan fingerprint density at radius 1 is 1.12 bits per heavy atom. The molecule has 2 atom stereocenters. The monoisotopic (exact) mass is 459 g/mol. The van der Waals surface area contributed by atoms with Crippen LogP contribution in [0, 0.1) is 5.92 Å². The number of sulfonamides is 1. The molecule has 8 nitrogen and oxygen atoms in total. The van der Waals surface area contributed by atoms with Gasteiger partial charge in [-0.25, -0.2) is 8.42 Å². The fourth-order valence-corrected chi connectivity index (χ4v) is 5.24. The third kappa shape index (κ3) is 5.17. The Hall–Kier alpha value is -2.75. The predicted octanol–water partition coefficient (Wildman–Crippen LogP) is 1.92. The molecule has 0 aliphatic carbocycles. The fourth-order valence-electron chi connectivity index (χ4n) is 3.78. The summed E-state index contributed by atoms with van der Waals surface area (Å²) in [6.45, 7) is 4.58. The van der Waals surface area contributed by atoms with Crippen molar-refractivity contribution in [3.8, 4) is 0 Å². The summed E-state index contributed by atoms with van der Waals surface area (Å²) in [5, 5.41) is 12.9. The van der Waals surface area contributed by atoms with Gasteiger partial charge in [-0.1, -0.05) is 44.2 Å². The SMILES string of the molecule is CCN(CC)S(=O)(=O)c1ccc(N2CC(C(=O)NCC(O)c3ccccc3)CC2=O)cc1. The number of anilines is 1. The molecular formula is C23H29N3O5S. The molecule has 0 aromatic heterocycles. The van der Waals surface area contributed by atoms with Gasteiger partial charge in [0.2, 0.25) is 21.8 Å². The van der Waals surface area contributed by atoms with Crippen molar-refractivity contribution in [1.29, 1.82) is 0 Å². The van der Waals surface area contributed by atoms with Crippen LogP contribution in [-0.4, -0.2) is 55.8 Å². The number of nitrogens with one attached hydrogen (secondary N) is 1. The lowest BCUT2D eigenvalue weighted by molar-refractivity contribution is -0.126. The van der Waals surface area contributed by atoms with Crippen molar-refractivity contribution in [1.82, 2.24) is 9.62 Å². The summed E-state index contributed by atoms with van der Waals surface area (Å²) in [6, 6.07) is 15.2. The third-order valence-corrected chi connectivity index (χ3v) is 7.71. The van der Waals surface area contributed by atoms with Crippen molar-refractivity contribution < 1.29 is 23.1 Å². The van der Waals surface area contributed by atoms with Gasteiger partial charge in [-0.05, 0) is 29.8 Å². The number of hydrogen-bond donors (Lipinski definition) is 2. The molecule has 2 amide bonds. The first-order valence-electron chi connectivity index (χ1n) is 10.7. The van der Waals surface area contributed by atoms with E-state index in [-0.39, 0.29) is 36.2 Å². The van der Waals surface area contributed by atoms with E-state index >= 15 is 0 Å². The maximum atomic E-state index is 12.6. The van der Waals surface area contributed by atoms with Gasteiger partial charge in [0.05, 0.1) is 16.9 Å². The van der Waals surface area contributed by atoms with E-state index in [1.165, 1.54) is 21.3 Å². The highest BCUT2D eigenvalue weighted by Gasteiger charge is 2.35. The molecule has 0 saturated carbocycles. The van der Waals surface area contributed by atoms with E-state index in [1.54, 1.807) is 38.1 Å². The van der Waals surface area contributed by atoms with Gasteiger partial charge in [-0.15, -0.1) is 0 Å². The Morgan fingerprint density at radius 3 is 2.34 bits per heavy atom. The number of carbonyl (C=O) groups excluding carboxylic acids is 2. The normalized spacial score (nSPS) is 17.6. The number of aliphatic hydroxyl groups is 1. The van der Waals surface area contributed by atoms with Gasteiger partial charge in [-0.2, -0.15) is 4.31 Å². The van der Waals surface area contributed by atoms with Crippen LogP contribution >= 0.6 is 0 Å². The minimum atomic E-state index is -3.58. The molecular weight excluding hydrogens is 430 g/mol. The zero-order valence-electron chi connectivity index (χ0n) is 18.3. The molecule has 0 spiro atoms. The van der Waals surface area contributed by atoms with Gasteiger partial charge in [0.25, 0.3) is 0 Å². The van der Waals surface area contributed by atoms with Crippen LogP contribution < -0.4 is 10.2 Å². The first kappa shape index (κ1) is 23.9. The molecule has 2 aromatic carbocycles. The highest BCUT2D eigenvalue weighted by atomic mass is 32.2. The first-order valence-corrected chi connectivity index (χ1v) is 12.1. The van der Waals surface area contributed by atoms with Gasteiger partial charge in [0.1, 0.15) is 0 Å². The Labute approximate surface area is 188 Å².